The highest BCUT2D eigenvalue weighted by Crippen LogP contribution is 2.30. The lowest BCUT2D eigenvalue weighted by Crippen LogP contribution is -2.41. The maximum atomic E-state index is 12.8. The molecule has 0 bridgehead atoms. The fourth-order valence-electron chi connectivity index (χ4n) is 3.20. The lowest BCUT2D eigenvalue weighted by atomic mass is 9.93. The van der Waals surface area contributed by atoms with Gasteiger partial charge in [0.25, 0.3) is 5.91 Å². The van der Waals surface area contributed by atoms with Crippen LogP contribution in [0.2, 0.25) is 0 Å². The summed E-state index contributed by atoms with van der Waals surface area (Å²) in [7, 11) is 1.60. The Bertz CT molecular complexity index is 495. The lowest BCUT2D eigenvalue weighted by Gasteiger charge is -2.33. The second-order valence-electron chi connectivity index (χ2n) is 5.68. The van der Waals surface area contributed by atoms with Crippen LogP contribution in [-0.4, -0.2) is 37.1 Å². The zero-order valence-corrected chi connectivity index (χ0v) is 13.9. The standard InChI is InChI=1S/C18H27NO3/c1-4-19(15-9-7-6-8-10-15)18(20)14-11-12-16(22-5-2)17(13-14)21-3/h11-13,15H,4-10H2,1-3H3. The van der Waals surface area contributed by atoms with Crippen LogP contribution in [0.4, 0.5) is 0 Å². The average Bonchev–Trinajstić information content (AvgIpc) is 2.57. The van der Waals surface area contributed by atoms with E-state index in [2.05, 4.69) is 6.92 Å². The Balaban J connectivity index is 2.19. The number of methoxy groups -OCH3 is 1. The third-order valence-corrected chi connectivity index (χ3v) is 4.33. The Morgan fingerprint density at radius 3 is 2.50 bits per heavy atom. The van der Waals surface area contributed by atoms with Crippen LogP contribution in [0.15, 0.2) is 18.2 Å². The summed E-state index contributed by atoms with van der Waals surface area (Å²) in [6, 6.07) is 5.83. The van der Waals surface area contributed by atoms with Crippen molar-refractivity contribution in [2.24, 2.45) is 0 Å². The smallest absolute Gasteiger partial charge is 0.254 e. The van der Waals surface area contributed by atoms with Gasteiger partial charge in [-0.3, -0.25) is 4.79 Å². The summed E-state index contributed by atoms with van der Waals surface area (Å²) in [6.45, 7) is 5.31. The summed E-state index contributed by atoms with van der Waals surface area (Å²) in [5, 5.41) is 0. The largest absolute Gasteiger partial charge is 0.493 e. The van der Waals surface area contributed by atoms with Crippen LogP contribution in [0.1, 0.15) is 56.3 Å². The van der Waals surface area contributed by atoms with Crippen molar-refractivity contribution >= 4 is 5.91 Å². The molecule has 0 saturated heterocycles. The Hall–Kier alpha value is -1.71. The first-order chi connectivity index (χ1) is 10.7. The minimum absolute atomic E-state index is 0.0933. The van der Waals surface area contributed by atoms with Crippen LogP contribution in [0, 0.1) is 0 Å². The molecule has 0 atom stereocenters. The molecule has 0 N–H and O–H groups in total. The van der Waals surface area contributed by atoms with Gasteiger partial charge in [0.2, 0.25) is 0 Å². The number of benzene rings is 1. The monoisotopic (exact) mass is 305 g/mol. The van der Waals surface area contributed by atoms with Crippen molar-refractivity contribution in [1.29, 1.82) is 0 Å². The quantitative estimate of drug-likeness (QED) is 0.800. The number of carbonyl (C=O) groups excluding carboxylic acids is 1. The van der Waals surface area contributed by atoms with Crippen LogP contribution in [-0.2, 0) is 0 Å². The van der Waals surface area contributed by atoms with Crippen molar-refractivity contribution in [2.45, 2.75) is 52.0 Å². The predicted octanol–water partition coefficient (Wildman–Crippen LogP) is 3.89. The lowest BCUT2D eigenvalue weighted by molar-refractivity contribution is 0.0647. The summed E-state index contributed by atoms with van der Waals surface area (Å²) in [5.74, 6) is 1.39. The third-order valence-electron chi connectivity index (χ3n) is 4.33. The van der Waals surface area contributed by atoms with Crippen molar-refractivity contribution in [2.75, 3.05) is 20.3 Å². The van der Waals surface area contributed by atoms with Gasteiger partial charge >= 0.3 is 0 Å². The van der Waals surface area contributed by atoms with Crippen LogP contribution in [0.5, 0.6) is 11.5 Å². The molecular formula is C18H27NO3. The molecule has 1 amide bonds. The number of amides is 1. The molecule has 1 aromatic carbocycles. The van der Waals surface area contributed by atoms with Crippen molar-refractivity contribution in [3.63, 3.8) is 0 Å². The molecular weight excluding hydrogens is 278 g/mol. The zero-order chi connectivity index (χ0) is 15.9. The molecule has 4 heteroatoms. The molecule has 0 aliphatic heterocycles. The average molecular weight is 305 g/mol. The molecule has 2 rings (SSSR count). The second-order valence-corrected chi connectivity index (χ2v) is 5.68. The van der Waals surface area contributed by atoms with Gasteiger partial charge in [-0.15, -0.1) is 0 Å². The van der Waals surface area contributed by atoms with Gasteiger partial charge in [-0.05, 0) is 44.9 Å². The van der Waals surface area contributed by atoms with Gasteiger partial charge in [0, 0.05) is 18.2 Å². The molecule has 1 aromatic rings. The van der Waals surface area contributed by atoms with Crippen LogP contribution < -0.4 is 9.47 Å². The van der Waals surface area contributed by atoms with Gasteiger partial charge < -0.3 is 14.4 Å². The Morgan fingerprint density at radius 2 is 1.91 bits per heavy atom. The van der Waals surface area contributed by atoms with E-state index >= 15 is 0 Å². The highest BCUT2D eigenvalue weighted by atomic mass is 16.5. The number of hydrogen-bond acceptors (Lipinski definition) is 3. The van der Waals surface area contributed by atoms with E-state index in [4.69, 9.17) is 9.47 Å². The summed E-state index contributed by atoms with van der Waals surface area (Å²) in [5.41, 5.74) is 0.674. The first-order valence-corrected chi connectivity index (χ1v) is 8.33. The number of rotatable bonds is 6. The molecule has 1 aliphatic carbocycles. The molecule has 0 unspecified atom stereocenters. The van der Waals surface area contributed by atoms with E-state index in [9.17, 15) is 4.79 Å². The molecule has 1 saturated carbocycles. The van der Waals surface area contributed by atoms with Gasteiger partial charge in [-0.2, -0.15) is 0 Å². The maximum absolute atomic E-state index is 12.8. The predicted molar refractivity (Wildman–Crippen MR) is 87.7 cm³/mol. The Labute approximate surface area is 133 Å². The summed E-state index contributed by atoms with van der Waals surface area (Å²) >= 11 is 0. The highest BCUT2D eigenvalue weighted by Gasteiger charge is 2.25. The molecule has 1 fully saturated rings. The van der Waals surface area contributed by atoms with E-state index in [1.165, 1.54) is 19.3 Å². The van der Waals surface area contributed by atoms with Gasteiger partial charge in [-0.1, -0.05) is 19.3 Å². The Kier molecular flexibility index (Phi) is 6.10. The van der Waals surface area contributed by atoms with E-state index in [-0.39, 0.29) is 5.91 Å². The van der Waals surface area contributed by atoms with Gasteiger partial charge in [-0.25, -0.2) is 0 Å². The SMILES string of the molecule is CCOc1ccc(C(=O)N(CC)C2CCCCC2)cc1OC. The topological polar surface area (TPSA) is 38.8 Å². The highest BCUT2D eigenvalue weighted by molar-refractivity contribution is 5.95. The van der Waals surface area contributed by atoms with Gasteiger partial charge in [0.15, 0.2) is 11.5 Å². The van der Waals surface area contributed by atoms with Crippen molar-refractivity contribution in [1.82, 2.24) is 4.90 Å². The molecule has 0 heterocycles. The molecule has 1 aliphatic rings. The maximum Gasteiger partial charge on any atom is 0.254 e. The van der Waals surface area contributed by atoms with E-state index in [0.29, 0.717) is 29.7 Å². The van der Waals surface area contributed by atoms with Gasteiger partial charge in [0.05, 0.1) is 13.7 Å². The number of ether oxygens (including phenoxy) is 2. The molecule has 0 radical (unpaired) electrons. The number of hydrogen-bond donors (Lipinski definition) is 0. The van der Waals surface area contributed by atoms with Crippen LogP contribution >= 0.6 is 0 Å². The molecule has 0 aromatic heterocycles. The normalized spacial score (nSPS) is 15.4. The first kappa shape index (κ1) is 16.7. The minimum Gasteiger partial charge on any atom is -0.493 e. The fourth-order valence-corrected chi connectivity index (χ4v) is 3.20. The molecule has 0 spiro atoms. The molecule has 22 heavy (non-hydrogen) atoms. The number of nitrogens with zero attached hydrogens (tertiary/aromatic N) is 1. The Morgan fingerprint density at radius 1 is 1.18 bits per heavy atom. The second kappa shape index (κ2) is 8.06. The third kappa shape index (κ3) is 3.73. The van der Waals surface area contributed by atoms with Crippen molar-refractivity contribution in [3.05, 3.63) is 23.8 Å². The minimum atomic E-state index is 0.0933. The van der Waals surface area contributed by atoms with E-state index in [1.54, 1.807) is 13.2 Å². The van der Waals surface area contributed by atoms with Crippen LogP contribution in [0.3, 0.4) is 0 Å². The van der Waals surface area contributed by atoms with Crippen LogP contribution in [0.25, 0.3) is 0 Å². The van der Waals surface area contributed by atoms with Crippen molar-refractivity contribution < 1.29 is 14.3 Å². The van der Waals surface area contributed by atoms with E-state index in [1.807, 2.05) is 24.0 Å². The summed E-state index contributed by atoms with van der Waals surface area (Å²) in [4.78, 5) is 14.9. The number of carbonyl (C=O) groups is 1. The zero-order valence-electron chi connectivity index (χ0n) is 13.9. The molecule has 4 nitrogen and oxygen atoms in total. The fraction of sp³-hybridized carbons (Fsp3) is 0.611. The molecule has 122 valence electrons. The summed E-state index contributed by atoms with van der Waals surface area (Å²) in [6.07, 6.45) is 5.97. The van der Waals surface area contributed by atoms with Gasteiger partial charge in [0.1, 0.15) is 0 Å². The van der Waals surface area contributed by atoms with E-state index < -0.39 is 0 Å². The van der Waals surface area contributed by atoms with Crippen molar-refractivity contribution in [3.8, 4) is 11.5 Å². The van der Waals surface area contributed by atoms with E-state index in [0.717, 1.165) is 19.4 Å². The first-order valence-electron chi connectivity index (χ1n) is 8.33. The summed E-state index contributed by atoms with van der Waals surface area (Å²) < 4.78 is 10.9.